The number of rotatable bonds is 3. The van der Waals surface area contributed by atoms with Crippen LogP contribution in [0.2, 0.25) is 0 Å². The minimum atomic E-state index is -4.59. The Morgan fingerprint density at radius 3 is 2.40 bits per heavy atom. The van der Waals surface area contributed by atoms with Crippen molar-refractivity contribution in [3.63, 3.8) is 0 Å². The van der Waals surface area contributed by atoms with Crippen molar-refractivity contribution in [2.24, 2.45) is 0 Å². The SMILES string of the molecule is CNc1cnc(C(F)(F)F)cc1C(=O)c1ccccc1. The van der Waals surface area contributed by atoms with Crippen molar-refractivity contribution >= 4 is 11.5 Å². The summed E-state index contributed by atoms with van der Waals surface area (Å²) in [6.45, 7) is 0. The van der Waals surface area contributed by atoms with Crippen LogP contribution in [0.3, 0.4) is 0 Å². The van der Waals surface area contributed by atoms with Crippen molar-refractivity contribution in [2.45, 2.75) is 6.18 Å². The van der Waals surface area contributed by atoms with Gasteiger partial charge in [0.1, 0.15) is 5.69 Å². The summed E-state index contributed by atoms with van der Waals surface area (Å²) in [5.74, 6) is -0.483. The molecule has 0 atom stereocenters. The molecule has 0 bridgehead atoms. The van der Waals surface area contributed by atoms with Crippen LogP contribution in [0.4, 0.5) is 18.9 Å². The maximum absolute atomic E-state index is 12.7. The highest BCUT2D eigenvalue weighted by Crippen LogP contribution is 2.30. The van der Waals surface area contributed by atoms with Crippen LogP contribution in [0.25, 0.3) is 0 Å². The highest BCUT2D eigenvalue weighted by atomic mass is 19.4. The molecule has 3 nitrogen and oxygen atoms in total. The van der Waals surface area contributed by atoms with Gasteiger partial charge in [-0.3, -0.25) is 4.79 Å². The zero-order chi connectivity index (χ0) is 14.8. The zero-order valence-corrected chi connectivity index (χ0v) is 10.5. The normalized spacial score (nSPS) is 11.2. The second-order valence-corrected chi connectivity index (χ2v) is 4.06. The third-order valence-corrected chi connectivity index (χ3v) is 2.74. The molecular formula is C14H11F3N2O. The van der Waals surface area contributed by atoms with Gasteiger partial charge in [0.15, 0.2) is 5.78 Å². The van der Waals surface area contributed by atoms with E-state index < -0.39 is 17.7 Å². The molecule has 0 spiro atoms. The fourth-order valence-corrected chi connectivity index (χ4v) is 1.74. The molecule has 0 saturated heterocycles. The average Bonchev–Trinajstić information content (AvgIpc) is 2.45. The van der Waals surface area contributed by atoms with Crippen LogP contribution in [0.15, 0.2) is 42.6 Å². The molecule has 0 saturated carbocycles. The smallest absolute Gasteiger partial charge is 0.386 e. The van der Waals surface area contributed by atoms with Gasteiger partial charge in [-0.05, 0) is 6.07 Å². The molecule has 0 aliphatic carbocycles. The van der Waals surface area contributed by atoms with Crippen LogP contribution in [0.5, 0.6) is 0 Å². The summed E-state index contributed by atoms with van der Waals surface area (Å²) in [5, 5.41) is 2.67. The lowest BCUT2D eigenvalue weighted by molar-refractivity contribution is -0.141. The first-order chi connectivity index (χ1) is 9.43. The molecule has 104 valence electrons. The van der Waals surface area contributed by atoms with Crippen LogP contribution < -0.4 is 5.32 Å². The summed E-state index contributed by atoms with van der Waals surface area (Å²) >= 11 is 0. The topological polar surface area (TPSA) is 42.0 Å². The van der Waals surface area contributed by atoms with E-state index in [2.05, 4.69) is 10.3 Å². The minimum Gasteiger partial charge on any atom is -0.386 e. The van der Waals surface area contributed by atoms with Crippen molar-refractivity contribution in [3.8, 4) is 0 Å². The molecule has 0 radical (unpaired) electrons. The first-order valence-corrected chi connectivity index (χ1v) is 5.78. The first-order valence-electron chi connectivity index (χ1n) is 5.78. The molecule has 0 unspecified atom stereocenters. The molecule has 1 aromatic heterocycles. The van der Waals surface area contributed by atoms with Crippen LogP contribution in [0, 0.1) is 0 Å². The maximum atomic E-state index is 12.7. The Bertz CT molecular complexity index is 624. The minimum absolute atomic E-state index is 0.0546. The lowest BCUT2D eigenvalue weighted by atomic mass is 10.0. The van der Waals surface area contributed by atoms with Gasteiger partial charge >= 0.3 is 6.18 Å². The van der Waals surface area contributed by atoms with E-state index in [0.29, 0.717) is 5.56 Å². The lowest BCUT2D eigenvalue weighted by Crippen LogP contribution is -2.13. The van der Waals surface area contributed by atoms with E-state index in [1.165, 1.54) is 7.05 Å². The zero-order valence-electron chi connectivity index (χ0n) is 10.5. The summed E-state index contributed by atoms with van der Waals surface area (Å²) in [5.41, 5.74) is -0.563. The lowest BCUT2D eigenvalue weighted by Gasteiger charge is -2.11. The van der Waals surface area contributed by atoms with E-state index in [0.717, 1.165) is 12.3 Å². The number of aromatic nitrogens is 1. The first kappa shape index (κ1) is 14.0. The molecule has 1 N–H and O–H groups in total. The number of carbonyl (C=O) groups is 1. The monoisotopic (exact) mass is 280 g/mol. The number of ketones is 1. The number of anilines is 1. The number of halogens is 3. The molecule has 0 fully saturated rings. The number of carbonyl (C=O) groups excluding carboxylic acids is 1. The van der Waals surface area contributed by atoms with E-state index in [1.807, 2.05) is 0 Å². The maximum Gasteiger partial charge on any atom is 0.433 e. The third kappa shape index (κ3) is 2.79. The van der Waals surface area contributed by atoms with Gasteiger partial charge in [-0.15, -0.1) is 0 Å². The summed E-state index contributed by atoms with van der Waals surface area (Å²) < 4.78 is 38.0. The van der Waals surface area contributed by atoms with E-state index in [9.17, 15) is 18.0 Å². The number of alkyl halides is 3. The Kier molecular flexibility index (Phi) is 3.74. The molecule has 1 heterocycles. The van der Waals surface area contributed by atoms with Crippen LogP contribution in [0.1, 0.15) is 21.6 Å². The number of hydrogen-bond donors (Lipinski definition) is 1. The van der Waals surface area contributed by atoms with Crippen molar-refractivity contribution in [1.29, 1.82) is 0 Å². The summed E-state index contributed by atoms with van der Waals surface area (Å²) in [6, 6.07) is 8.89. The van der Waals surface area contributed by atoms with Crippen LogP contribution >= 0.6 is 0 Å². The van der Waals surface area contributed by atoms with Gasteiger partial charge in [0, 0.05) is 18.2 Å². The van der Waals surface area contributed by atoms with Gasteiger partial charge in [0.25, 0.3) is 0 Å². The standard InChI is InChI=1S/C14H11F3N2O/c1-18-11-8-19-12(14(15,16)17)7-10(11)13(20)9-5-3-2-4-6-9/h2-8,18H,1H3. The predicted octanol–water partition coefficient (Wildman–Crippen LogP) is 3.37. The van der Waals surface area contributed by atoms with E-state index in [-0.39, 0.29) is 11.3 Å². The van der Waals surface area contributed by atoms with Crippen LogP contribution in [-0.2, 0) is 6.18 Å². The Morgan fingerprint density at radius 1 is 1.20 bits per heavy atom. The van der Waals surface area contributed by atoms with Crippen molar-refractivity contribution in [1.82, 2.24) is 4.98 Å². The number of nitrogens with zero attached hydrogens (tertiary/aromatic N) is 1. The molecule has 0 amide bonds. The molecule has 20 heavy (non-hydrogen) atoms. The van der Waals surface area contributed by atoms with Gasteiger partial charge in [-0.1, -0.05) is 30.3 Å². The molecule has 2 rings (SSSR count). The molecule has 0 aliphatic rings. The van der Waals surface area contributed by atoms with E-state index >= 15 is 0 Å². The fourth-order valence-electron chi connectivity index (χ4n) is 1.74. The summed E-state index contributed by atoms with van der Waals surface area (Å²) in [7, 11) is 1.52. The largest absolute Gasteiger partial charge is 0.433 e. The molecule has 0 aliphatic heterocycles. The van der Waals surface area contributed by atoms with Gasteiger partial charge in [0.05, 0.1) is 11.9 Å². The van der Waals surface area contributed by atoms with Gasteiger partial charge in [-0.2, -0.15) is 13.2 Å². The second kappa shape index (κ2) is 5.32. The average molecular weight is 280 g/mol. The molecule has 2 aromatic rings. The number of pyridine rings is 1. The molecule has 1 aromatic carbocycles. The van der Waals surface area contributed by atoms with Crippen molar-refractivity contribution in [2.75, 3.05) is 12.4 Å². The second-order valence-electron chi connectivity index (χ2n) is 4.06. The summed E-state index contributed by atoms with van der Waals surface area (Å²) in [6.07, 6.45) is -3.57. The number of benzene rings is 1. The Labute approximate surface area is 113 Å². The van der Waals surface area contributed by atoms with Crippen molar-refractivity contribution in [3.05, 3.63) is 59.4 Å². The highest BCUT2D eigenvalue weighted by molar-refractivity contribution is 6.12. The van der Waals surface area contributed by atoms with Crippen LogP contribution in [-0.4, -0.2) is 17.8 Å². The quantitative estimate of drug-likeness (QED) is 0.876. The highest BCUT2D eigenvalue weighted by Gasteiger charge is 2.33. The summed E-state index contributed by atoms with van der Waals surface area (Å²) in [4.78, 5) is 15.6. The van der Waals surface area contributed by atoms with Gasteiger partial charge in [0.2, 0.25) is 0 Å². The number of hydrogen-bond acceptors (Lipinski definition) is 3. The third-order valence-electron chi connectivity index (χ3n) is 2.74. The molecule has 6 heteroatoms. The van der Waals surface area contributed by atoms with Gasteiger partial charge < -0.3 is 5.32 Å². The Balaban J connectivity index is 2.52. The number of nitrogens with one attached hydrogen (secondary N) is 1. The Hall–Kier alpha value is -2.37. The van der Waals surface area contributed by atoms with E-state index in [1.54, 1.807) is 30.3 Å². The Morgan fingerprint density at radius 2 is 1.85 bits per heavy atom. The fraction of sp³-hybridized carbons (Fsp3) is 0.143. The van der Waals surface area contributed by atoms with E-state index in [4.69, 9.17) is 0 Å². The van der Waals surface area contributed by atoms with Crippen molar-refractivity contribution < 1.29 is 18.0 Å². The molecular weight excluding hydrogens is 269 g/mol. The predicted molar refractivity (Wildman–Crippen MR) is 68.7 cm³/mol. The van der Waals surface area contributed by atoms with Gasteiger partial charge in [-0.25, -0.2) is 4.98 Å².